The molecule has 0 aromatic carbocycles. The second-order valence-electron chi connectivity index (χ2n) is 6.98. The molecular weight excluding hydrogens is 406 g/mol. The van der Waals surface area contributed by atoms with E-state index in [0.29, 0.717) is 39.0 Å². The predicted molar refractivity (Wildman–Crippen MR) is 108 cm³/mol. The first-order valence-corrected chi connectivity index (χ1v) is 9.61. The van der Waals surface area contributed by atoms with Crippen LogP contribution < -0.4 is 0 Å². The Hall–Kier alpha value is -3.35. The van der Waals surface area contributed by atoms with Crippen molar-refractivity contribution < 1.29 is 9.53 Å². The Kier molecular flexibility index (Phi) is 5.20. The van der Waals surface area contributed by atoms with Crippen LogP contribution in [0.1, 0.15) is 41.2 Å². The fourth-order valence-corrected chi connectivity index (χ4v) is 3.64. The van der Waals surface area contributed by atoms with E-state index in [-0.39, 0.29) is 24.7 Å². The maximum Gasteiger partial charge on any atom is 0.173 e. The molecule has 4 heterocycles. The molecule has 0 aliphatic carbocycles. The highest BCUT2D eigenvalue weighted by atomic mass is 35.5. The summed E-state index contributed by atoms with van der Waals surface area (Å²) in [5.74, 6) is 0.518. The largest absolute Gasteiger partial charge is 0.375 e. The minimum Gasteiger partial charge on any atom is -0.375 e. The molecule has 1 atom stereocenters. The number of ketones is 1. The first-order valence-electron chi connectivity index (χ1n) is 9.23. The maximum atomic E-state index is 12.9. The third-order valence-corrected chi connectivity index (χ3v) is 5.00. The summed E-state index contributed by atoms with van der Waals surface area (Å²) in [5.41, 5.74) is 3.56. The van der Waals surface area contributed by atoms with E-state index in [4.69, 9.17) is 16.3 Å². The number of hydrogen-bond donors (Lipinski definition) is 0. The van der Waals surface area contributed by atoms with Gasteiger partial charge in [-0.3, -0.25) is 4.79 Å². The average molecular weight is 424 g/mol. The van der Waals surface area contributed by atoms with Gasteiger partial charge in [0.25, 0.3) is 0 Å². The molecule has 4 aromatic heterocycles. The Morgan fingerprint density at radius 1 is 1.33 bits per heavy atom. The number of carbonyl (C=O) groups excluding carboxylic acids is 1. The van der Waals surface area contributed by atoms with Gasteiger partial charge in [-0.05, 0) is 25.5 Å². The molecule has 4 rings (SSSR count). The van der Waals surface area contributed by atoms with E-state index in [0.717, 1.165) is 5.69 Å². The third kappa shape index (κ3) is 3.63. The highest BCUT2D eigenvalue weighted by Gasteiger charge is 2.20. The lowest BCUT2D eigenvalue weighted by Crippen LogP contribution is -2.15. The lowest BCUT2D eigenvalue weighted by molar-refractivity contribution is -0.117. The van der Waals surface area contributed by atoms with Crippen molar-refractivity contribution in [3.63, 3.8) is 0 Å². The number of nitriles is 1. The quantitative estimate of drug-likeness (QED) is 0.468. The Morgan fingerprint density at radius 2 is 2.13 bits per heavy atom. The number of aromatic nitrogens is 6. The molecule has 9 nitrogen and oxygen atoms in total. The topological polar surface area (TPSA) is 110 Å². The van der Waals surface area contributed by atoms with Gasteiger partial charge >= 0.3 is 0 Å². The first kappa shape index (κ1) is 19.9. The minimum absolute atomic E-state index is 0.0426. The van der Waals surface area contributed by atoms with Crippen LogP contribution in [0, 0.1) is 18.3 Å². The van der Waals surface area contributed by atoms with E-state index in [1.807, 2.05) is 6.92 Å². The van der Waals surface area contributed by atoms with Crippen LogP contribution in [0.2, 0.25) is 5.15 Å². The molecule has 0 saturated carbocycles. The van der Waals surface area contributed by atoms with E-state index < -0.39 is 0 Å². The molecule has 0 bridgehead atoms. The standard InChI is InChI=1S/C20H18ClN7O2/c1-11(30-3)19-15(9-23-18-7-17(21)26-28(18)19)6-16(29)5-13-4-14(8-22)20-24-12(2)25-27(20)10-13/h4,7,9-11H,5-6H2,1-3H3/t11-/m0/s1. The molecule has 0 aliphatic rings. The van der Waals surface area contributed by atoms with E-state index in [1.165, 1.54) is 4.52 Å². The van der Waals surface area contributed by atoms with Crippen molar-refractivity contribution in [3.8, 4) is 6.07 Å². The van der Waals surface area contributed by atoms with Crippen molar-refractivity contribution in [3.05, 3.63) is 57.9 Å². The Balaban J connectivity index is 1.65. The number of ether oxygens (including phenoxy) is 1. The van der Waals surface area contributed by atoms with E-state index in [1.54, 1.807) is 43.1 Å². The van der Waals surface area contributed by atoms with Crippen LogP contribution in [0.4, 0.5) is 0 Å². The van der Waals surface area contributed by atoms with Crippen molar-refractivity contribution in [2.24, 2.45) is 0 Å². The summed E-state index contributed by atoms with van der Waals surface area (Å²) in [6.45, 7) is 3.63. The highest BCUT2D eigenvalue weighted by molar-refractivity contribution is 6.29. The zero-order valence-electron chi connectivity index (χ0n) is 16.6. The first-order chi connectivity index (χ1) is 14.4. The Labute approximate surface area is 176 Å². The number of carbonyl (C=O) groups is 1. The molecule has 0 unspecified atom stereocenters. The van der Waals surface area contributed by atoms with Crippen molar-refractivity contribution >= 4 is 28.7 Å². The molecule has 0 radical (unpaired) electrons. The van der Waals surface area contributed by atoms with Crippen LogP contribution in [-0.2, 0) is 22.4 Å². The van der Waals surface area contributed by atoms with Gasteiger partial charge in [-0.2, -0.15) is 15.5 Å². The Bertz CT molecular complexity index is 1320. The molecule has 0 spiro atoms. The molecule has 0 fully saturated rings. The second-order valence-corrected chi connectivity index (χ2v) is 7.36. The fourth-order valence-electron chi connectivity index (χ4n) is 3.47. The van der Waals surface area contributed by atoms with Crippen LogP contribution >= 0.6 is 11.6 Å². The predicted octanol–water partition coefficient (Wildman–Crippen LogP) is 2.67. The van der Waals surface area contributed by atoms with Crippen molar-refractivity contribution in [2.75, 3.05) is 7.11 Å². The number of pyridine rings is 1. The summed E-state index contributed by atoms with van der Waals surface area (Å²) < 4.78 is 8.62. The van der Waals surface area contributed by atoms with Crippen LogP contribution in [0.15, 0.2) is 24.5 Å². The van der Waals surface area contributed by atoms with Crippen LogP contribution in [-0.4, -0.2) is 42.1 Å². The zero-order chi connectivity index (χ0) is 21.4. The molecule has 0 N–H and O–H groups in total. The van der Waals surface area contributed by atoms with Gasteiger partial charge in [0.1, 0.15) is 17.7 Å². The van der Waals surface area contributed by atoms with Crippen LogP contribution in [0.3, 0.4) is 0 Å². The molecule has 30 heavy (non-hydrogen) atoms. The van der Waals surface area contributed by atoms with E-state index in [9.17, 15) is 10.1 Å². The number of halogens is 1. The van der Waals surface area contributed by atoms with Gasteiger partial charge in [0, 0.05) is 44.0 Å². The van der Waals surface area contributed by atoms with Crippen molar-refractivity contribution in [2.45, 2.75) is 32.8 Å². The molecule has 0 amide bonds. The number of aryl methyl sites for hydroxylation is 1. The van der Waals surface area contributed by atoms with E-state index >= 15 is 0 Å². The summed E-state index contributed by atoms with van der Waals surface area (Å²) in [6, 6.07) is 5.44. The van der Waals surface area contributed by atoms with Crippen LogP contribution in [0.25, 0.3) is 11.3 Å². The molecular formula is C20H18ClN7O2. The van der Waals surface area contributed by atoms with Gasteiger partial charge in [-0.1, -0.05) is 11.6 Å². The minimum atomic E-state index is -0.311. The number of methoxy groups -OCH3 is 1. The van der Waals surface area contributed by atoms with Gasteiger partial charge in [0.15, 0.2) is 16.4 Å². The third-order valence-electron chi connectivity index (χ3n) is 4.81. The van der Waals surface area contributed by atoms with Gasteiger partial charge in [-0.15, -0.1) is 0 Å². The highest BCUT2D eigenvalue weighted by Crippen LogP contribution is 2.24. The molecule has 4 aromatic rings. The molecule has 0 saturated heterocycles. The summed E-state index contributed by atoms with van der Waals surface area (Å²) >= 11 is 6.03. The number of fused-ring (bicyclic) bond motifs is 2. The summed E-state index contributed by atoms with van der Waals surface area (Å²) in [7, 11) is 1.59. The smallest absolute Gasteiger partial charge is 0.173 e. The lowest BCUT2D eigenvalue weighted by Gasteiger charge is -2.16. The zero-order valence-corrected chi connectivity index (χ0v) is 17.4. The van der Waals surface area contributed by atoms with Crippen molar-refractivity contribution in [1.82, 2.24) is 29.2 Å². The summed E-state index contributed by atoms with van der Waals surface area (Å²) in [5, 5.41) is 18.2. The van der Waals surface area contributed by atoms with Gasteiger partial charge < -0.3 is 4.74 Å². The normalized spacial score (nSPS) is 12.4. The lowest BCUT2D eigenvalue weighted by atomic mass is 10.0. The average Bonchev–Trinajstić information content (AvgIpc) is 3.27. The van der Waals surface area contributed by atoms with Crippen LogP contribution in [0.5, 0.6) is 0 Å². The molecule has 10 heteroatoms. The number of rotatable bonds is 6. The van der Waals surface area contributed by atoms with Crippen molar-refractivity contribution in [1.29, 1.82) is 5.26 Å². The van der Waals surface area contributed by atoms with Gasteiger partial charge in [0.05, 0.1) is 17.4 Å². The monoisotopic (exact) mass is 423 g/mol. The number of Topliss-reactive ketones (excluding diaryl/α,β-unsaturated/α-hetero) is 1. The van der Waals surface area contributed by atoms with Gasteiger partial charge in [-0.25, -0.2) is 19.0 Å². The molecule has 152 valence electrons. The summed E-state index contributed by atoms with van der Waals surface area (Å²) in [4.78, 5) is 21.5. The molecule has 0 aliphatic heterocycles. The fraction of sp³-hybridized carbons (Fsp3) is 0.300. The summed E-state index contributed by atoms with van der Waals surface area (Å²) in [6.07, 6.45) is 3.35. The van der Waals surface area contributed by atoms with Gasteiger partial charge in [0.2, 0.25) is 0 Å². The number of hydrogen-bond acceptors (Lipinski definition) is 7. The van der Waals surface area contributed by atoms with E-state index in [2.05, 4.69) is 26.2 Å². The Morgan fingerprint density at radius 3 is 2.87 bits per heavy atom. The number of nitrogens with zero attached hydrogens (tertiary/aromatic N) is 7. The SMILES string of the molecule is CO[C@@H](C)c1c(CC(=O)Cc2cc(C#N)c3nc(C)nn3c2)cnc2cc(Cl)nn12. The maximum absolute atomic E-state index is 12.9. The second kappa shape index (κ2) is 7.82.